The highest BCUT2D eigenvalue weighted by molar-refractivity contribution is 6.03. The van der Waals surface area contributed by atoms with E-state index in [4.69, 9.17) is 9.57 Å². The standard InChI is InChI=1S/C13H18N2O4/c1-10(16)15(2)12-7-5-4-6-11(12)13(17)14-19-9-8-18-3/h4-7H,8-9H2,1-3H3,(H,14,17). The first-order valence-electron chi connectivity index (χ1n) is 5.82. The van der Waals surface area contributed by atoms with E-state index in [0.29, 0.717) is 17.9 Å². The quantitative estimate of drug-likeness (QED) is 0.615. The number of benzene rings is 1. The van der Waals surface area contributed by atoms with Crippen LogP contribution in [0.3, 0.4) is 0 Å². The molecule has 0 bridgehead atoms. The van der Waals surface area contributed by atoms with Gasteiger partial charge in [-0.2, -0.15) is 0 Å². The number of carbonyl (C=O) groups excluding carboxylic acids is 2. The molecule has 6 heteroatoms. The molecule has 104 valence electrons. The molecule has 1 aromatic rings. The molecule has 0 radical (unpaired) electrons. The molecule has 6 nitrogen and oxygen atoms in total. The van der Waals surface area contributed by atoms with Gasteiger partial charge in [0.25, 0.3) is 5.91 Å². The van der Waals surface area contributed by atoms with Gasteiger partial charge in [0.1, 0.15) is 0 Å². The van der Waals surface area contributed by atoms with Gasteiger partial charge in [-0.05, 0) is 12.1 Å². The number of carbonyl (C=O) groups is 2. The third-order valence-electron chi connectivity index (χ3n) is 2.54. The van der Waals surface area contributed by atoms with E-state index in [1.807, 2.05) is 0 Å². The van der Waals surface area contributed by atoms with Gasteiger partial charge >= 0.3 is 0 Å². The van der Waals surface area contributed by atoms with E-state index in [0.717, 1.165) is 0 Å². The summed E-state index contributed by atoms with van der Waals surface area (Å²) in [7, 11) is 3.16. The maximum absolute atomic E-state index is 11.9. The summed E-state index contributed by atoms with van der Waals surface area (Å²) in [6, 6.07) is 6.81. The molecular formula is C13H18N2O4. The number of methoxy groups -OCH3 is 1. The second kappa shape index (κ2) is 7.50. The highest BCUT2D eigenvalue weighted by atomic mass is 16.7. The topological polar surface area (TPSA) is 67.9 Å². The van der Waals surface area contributed by atoms with Crippen molar-refractivity contribution in [2.75, 3.05) is 32.3 Å². The van der Waals surface area contributed by atoms with Crippen molar-refractivity contribution in [1.29, 1.82) is 0 Å². The number of nitrogens with one attached hydrogen (secondary N) is 1. The number of hydrogen-bond acceptors (Lipinski definition) is 4. The Labute approximate surface area is 112 Å². The third kappa shape index (κ3) is 4.35. The fourth-order valence-corrected chi connectivity index (χ4v) is 1.42. The van der Waals surface area contributed by atoms with Crippen LogP contribution in [0.4, 0.5) is 5.69 Å². The Kier molecular flexibility index (Phi) is 5.98. The summed E-state index contributed by atoms with van der Waals surface area (Å²) in [5, 5.41) is 0. The molecule has 0 unspecified atom stereocenters. The molecule has 0 spiro atoms. The number of rotatable bonds is 6. The Balaban J connectivity index is 2.76. The van der Waals surface area contributed by atoms with Crippen molar-refractivity contribution >= 4 is 17.5 Å². The van der Waals surface area contributed by atoms with Crippen LogP contribution in [0.25, 0.3) is 0 Å². The van der Waals surface area contributed by atoms with Gasteiger partial charge in [-0.15, -0.1) is 0 Å². The molecule has 2 amide bonds. The predicted molar refractivity (Wildman–Crippen MR) is 70.8 cm³/mol. The summed E-state index contributed by atoms with van der Waals surface area (Å²) >= 11 is 0. The summed E-state index contributed by atoms with van der Waals surface area (Å²) in [6.45, 7) is 2.08. The summed E-state index contributed by atoms with van der Waals surface area (Å²) in [5.41, 5.74) is 3.21. The number of hydrogen-bond donors (Lipinski definition) is 1. The Morgan fingerprint density at radius 2 is 1.95 bits per heavy atom. The van der Waals surface area contributed by atoms with Crippen molar-refractivity contribution in [1.82, 2.24) is 5.48 Å². The lowest BCUT2D eigenvalue weighted by Gasteiger charge is -2.18. The smallest absolute Gasteiger partial charge is 0.276 e. The summed E-state index contributed by atoms with van der Waals surface area (Å²) in [5.74, 6) is -0.555. The van der Waals surface area contributed by atoms with Gasteiger partial charge in [0, 0.05) is 21.1 Å². The lowest BCUT2D eigenvalue weighted by atomic mass is 10.1. The van der Waals surface area contributed by atoms with Crippen LogP contribution in [0.5, 0.6) is 0 Å². The molecule has 0 saturated carbocycles. The minimum atomic E-state index is -0.403. The zero-order valence-electron chi connectivity index (χ0n) is 11.3. The van der Waals surface area contributed by atoms with Crippen molar-refractivity contribution in [3.8, 4) is 0 Å². The minimum Gasteiger partial charge on any atom is -0.382 e. The molecular weight excluding hydrogens is 248 g/mol. The Hall–Kier alpha value is -1.92. The van der Waals surface area contributed by atoms with Crippen LogP contribution in [0, 0.1) is 0 Å². The van der Waals surface area contributed by atoms with Gasteiger partial charge in [0.05, 0.1) is 24.5 Å². The van der Waals surface area contributed by atoms with Crippen LogP contribution < -0.4 is 10.4 Å². The second-order valence-corrected chi connectivity index (χ2v) is 3.87. The van der Waals surface area contributed by atoms with E-state index in [1.165, 1.54) is 11.8 Å². The molecule has 0 aliphatic heterocycles. The van der Waals surface area contributed by atoms with Crippen LogP contribution in [0.1, 0.15) is 17.3 Å². The highest BCUT2D eigenvalue weighted by Crippen LogP contribution is 2.19. The van der Waals surface area contributed by atoms with Gasteiger partial charge in [0.2, 0.25) is 5.91 Å². The van der Waals surface area contributed by atoms with Crippen LogP contribution in [0.2, 0.25) is 0 Å². The number of anilines is 1. The normalized spacial score (nSPS) is 10.1. The maximum atomic E-state index is 11.9. The van der Waals surface area contributed by atoms with Crippen molar-refractivity contribution in [2.24, 2.45) is 0 Å². The molecule has 0 fully saturated rings. The average Bonchev–Trinajstić information content (AvgIpc) is 2.42. The van der Waals surface area contributed by atoms with E-state index in [2.05, 4.69) is 5.48 Å². The summed E-state index contributed by atoms with van der Waals surface area (Å²) in [4.78, 5) is 29.7. The molecule has 19 heavy (non-hydrogen) atoms. The van der Waals surface area contributed by atoms with Gasteiger partial charge in [-0.1, -0.05) is 12.1 Å². The SMILES string of the molecule is COCCONC(=O)c1ccccc1N(C)C(C)=O. The monoisotopic (exact) mass is 266 g/mol. The third-order valence-corrected chi connectivity index (χ3v) is 2.54. The van der Waals surface area contributed by atoms with Crippen LogP contribution >= 0.6 is 0 Å². The lowest BCUT2D eigenvalue weighted by Crippen LogP contribution is -2.30. The van der Waals surface area contributed by atoms with Crippen LogP contribution in [-0.2, 0) is 14.4 Å². The Morgan fingerprint density at radius 1 is 1.26 bits per heavy atom. The molecule has 1 N–H and O–H groups in total. The van der Waals surface area contributed by atoms with Gasteiger partial charge < -0.3 is 9.64 Å². The lowest BCUT2D eigenvalue weighted by molar-refractivity contribution is -0.116. The molecule has 1 rings (SSSR count). The first kappa shape index (κ1) is 15.1. The molecule has 0 aliphatic carbocycles. The van der Waals surface area contributed by atoms with E-state index < -0.39 is 5.91 Å². The minimum absolute atomic E-state index is 0.152. The van der Waals surface area contributed by atoms with Gasteiger partial charge in [-0.25, -0.2) is 5.48 Å². The van der Waals surface area contributed by atoms with E-state index in [9.17, 15) is 9.59 Å². The molecule has 0 saturated heterocycles. The molecule has 0 aromatic heterocycles. The first-order chi connectivity index (χ1) is 9.07. The predicted octanol–water partition coefficient (Wildman–Crippen LogP) is 0.977. The molecule has 0 atom stereocenters. The molecule has 0 heterocycles. The zero-order chi connectivity index (χ0) is 14.3. The summed E-state index contributed by atoms with van der Waals surface area (Å²) < 4.78 is 4.79. The summed E-state index contributed by atoms with van der Waals surface area (Å²) in [6.07, 6.45) is 0. The average molecular weight is 266 g/mol. The highest BCUT2D eigenvalue weighted by Gasteiger charge is 2.15. The van der Waals surface area contributed by atoms with Crippen molar-refractivity contribution in [2.45, 2.75) is 6.92 Å². The van der Waals surface area contributed by atoms with E-state index in [-0.39, 0.29) is 12.5 Å². The van der Waals surface area contributed by atoms with Gasteiger partial charge in [0.15, 0.2) is 0 Å². The molecule has 0 aliphatic rings. The number of amides is 2. The second-order valence-electron chi connectivity index (χ2n) is 3.87. The van der Waals surface area contributed by atoms with Gasteiger partial charge in [-0.3, -0.25) is 14.4 Å². The van der Waals surface area contributed by atoms with Crippen molar-refractivity contribution in [3.05, 3.63) is 29.8 Å². The molecule has 1 aromatic carbocycles. The fraction of sp³-hybridized carbons (Fsp3) is 0.385. The largest absolute Gasteiger partial charge is 0.382 e. The first-order valence-corrected chi connectivity index (χ1v) is 5.82. The van der Waals surface area contributed by atoms with E-state index in [1.54, 1.807) is 38.4 Å². The number of para-hydroxylation sites is 1. The number of nitrogens with zero attached hydrogens (tertiary/aromatic N) is 1. The number of ether oxygens (including phenoxy) is 1. The zero-order valence-corrected chi connectivity index (χ0v) is 11.3. The number of hydroxylamine groups is 1. The van der Waals surface area contributed by atoms with Crippen LogP contribution in [-0.4, -0.2) is 39.2 Å². The Bertz CT molecular complexity index is 448. The maximum Gasteiger partial charge on any atom is 0.276 e. The fourth-order valence-electron chi connectivity index (χ4n) is 1.42. The van der Waals surface area contributed by atoms with Crippen molar-refractivity contribution in [3.63, 3.8) is 0 Å². The van der Waals surface area contributed by atoms with Crippen LogP contribution in [0.15, 0.2) is 24.3 Å². The van der Waals surface area contributed by atoms with E-state index >= 15 is 0 Å². The Morgan fingerprint density at radius 3 is 2.58 bits per heavy atom. The van der Waals surface area contributed by atoms with Crippen molar-refractivity contribution < 1.29 is 19.2 Å².